The number of rotatable bonds is 3. The molecule has 0 bridgehead atoms. The topological polar surface area (TPSA) is 49.8 Å². The fourth-order valence-corrected chi connectivity index (χ4v) is 1.78. The molecule has 1 aliphatic carbocycles. The van der Waals surface area contributed by atoms with Crippen LogP contribution < -0.4 is 0 Å². The van der Waals surface area contributed by atoms with Crippen LogP contribution in [0, 0.1) is 0 Å². The minimum atomic E-state index is -0.952. The smallest absolute Gasteiger partial charge is 0.409 e. The molecule has 1 aliphatic rings. The molecule has 4 heteroatoms. The van der Waals surface area contributed by atoms with Crippen molar-refractivity contribution in [2.75, 3.05) is 13.7 Å². The first-order chi connectivity index (χ1) is 6.90. The van der Waals surface area contributed by atoms with Gasteiger partial charge in [0, 0.05) is 13.1 Å². The van der Waals surface area contributed by atoms with Crippen molar-refractivity contribution in [3.05, 3.63) is 0 Å². The summed E-state index contributed by atoms with van der Waals surface area (Å²) in [6.45, 7) is 3.29. The van der Waals surface area contributed by atoms with E-state index >= 15 is 0 Å². The first-order valence-corrected chi connectivity index (χ1v) is 5.52. The number of hydrogen-bond acceptors (Lipinski definition) is 3. The highest BCUT2D eigenvalue weighted by atomic mass is 16.6. The molecule has 0 aliphatic heterocycles. The quantitative estimate of drug-likeness (QED) is 0.780. The van der Waals surface area contributed by atoms with Gasteiger partial charge in [-0.2, -0.15) is 0 Å². The summed E-state index contributed by atoms with van der Waals surface area (Å²) >= 11 is 0. The van der Waals surface area contributed by atoms with E-state index in [1.807, 2.05) is 0 Å². The zero-order valence-corrected chi connectivity index (χ0v) is 9.82. The summed E-state index contributed by atoms with van der Waals surface area (Å²) in [4.78, 5) is 13.2. The molecule has 0 aromatic carbocycles. The highest BCUT2D eigenvalue weighted by Crippen LogP contribution is 2.22. The number of carbonyl (C=O) groups excluding carboxylic acids is 1. The molecule has 1 fully saturated rings. The van der Waals surface area contributed by atoms with E-state index in [1.165, 1.54) is 12.8 Å². The molecule has 0 radical (unpaired) electrons. The summed E-state index contributed by atoms with van der Waals surface area (Å²) < 4.78 is 5.02. The van der Waals surface area contributed by atoms with Crippen molar-refractivity contribution >= 4 is 6.09 Å². The third-order valence-corrected chi connectivity index (χ3v) is 2.71. The van der Waals surface area contributed by atoms with Gasteiger partial charge in [0.15, 0.2) is 0 Å². The maximum absolute atomic E-state index is 11.6. The van der Waals surface area contributed by atoms with Crippen LogP contribution in [0.15, 0.2) is 0 Å². The fraction of sp³-hybridized carbons (Fsp3) is 0.909. The number of amides is 1. The van der Waals surface area contributed by atoms with E-state index in [0.717, 1.165) is 12.8 Å². The predicted octanol–water partition coefficient (Wildman–Crippen LogP) is 1.77. The van der Waals surface area contributed by atoms with Gasteiger partial charge in [0.25, 0.3) is 0 Å². The summed E-state index contributed by atoms with van der Waals surface area (Å²) in [6, 6.07) is 0.319. The van der Waals surface area contributed by atoms with Gasteiger partial charge in [0.2, 0.25) is 0 Å². The second-order valence-electron chi connectivity index (χ2n) is 4.92. The molecule has 4 nitrogen and oxygen atoms in total. The zero-order chi connectivity index (χ0) is 11.5. The van der Waals surface area contributed by atoms with Gasteiger partial charge in [0.05, 0.1) is 5.60 Å². The number of aliphatic hydroxyl groups is 1. The Morgan fingerprint density at radius 1 is 1.47 bits per heavy atom. The van der Waals surface area contributed by atoms with E-state index < -0.39 is 5.60 Å². The van der Waals surface area contributed by atoms with Crippen LogP contribution in [-0.4, -0.2) is 41.4 Å². The van der Waals surface area contributed by atoms with Crippen LogP contribution in [0.25, 0.3) is 0 Å². The van der Waals surface area contributed by atoms with Gasteiger partial charge in [-0.05, 0) is 26.7 Å². The molecule has 1 saturated carbocycles. The van der Waals surface area contributed by atoms with Crippen LogP contribution in [-0.2, 0) is 4.74 Å². The predicted molar refractivity (Wildman–Crippen MR) is 57.7 cm³/mol. The minimum Gasteiger partial charge on any atom is -0.446 e. The van der Waals surface area contributed by atoms with Crippen molar-refractivity contribution in [1.29, 1.82) is 0 Å². The average molecular weight is 215 g/mol. The maximum Gasteiger partial charge on any atom is 0.409 e. The Morgan fingerprint density at radius 2 is 2.00 bits per heavy atom. The Labute approximate surface area is 91.2 Å². The Morgan fingerprint density at radius 3 is 2.47 bits per heavy atom. The van der Waals surface area contributed by atoms with Crippen molar-refractivity contribution in [1.82, 2.24) is 4.90 Å². The molecule has 0 atom stereocenters. The van der Waals surface area contributed by atoms with Crippen molar-refractivity contribution < 1.29 is 14.6 Å². The van der Waals surface area contributed by atoms with E-state index in [9.17, 15) is 9.90 Å². The van der Waals surface area contributed by atoms with Gasteiger partial charge in [-0.3, -0.25) is 0 Å². The zero-order valence-electron chi connectivity index (χ0n) is 9.82. The molecule has 15 heavy (non-hydrogen) atoms. The van der Waals surface area contributed by atoms with Gasteiger partial charge in [-0.25, -0.2) is 4.79 Å². The van der Waals surface area contributed by atoms with Crippen molar-refractivity contribution in [2.45, 2.75) is 51.2 Å². The molecule has 0 aromatic heterocycles. The summed E-state index contributed by atoms with van der Waals surface area (Å²) in [5.74, 6) is 0. The van der Waals surface area contributed by atoms with Crippen LogP contribution >= 0.6 is 0 Å². The largest absolute Gasteiger partial charge is 0.446 e. The Hall–Kier alpha value is -0.770. The number of ether oxygens (including phenoxy) is 1. The van der Waals surface area contributed by atoms with E-state index in [1.54, 1.807) is 25.8 Å². The van der Waals surface area contributed by atoms with Crippen molar-refractivity contribution in [3.63, 3.8) is 0 Å². The van der Waals surface area contributed by atoms with Crippen LogP contribution in [0.3, 0.4) is 0 Å². The maximum atomic E-state index is 11.6. The molecule has 1 rings (SSSR count). The van der Waals surface area contributed by atoms with Gasteiger partial charge < -0.3 is 14.7 Å². The second kappa shape index (κ2) is 4.84. The lowest BCUT2D eigenvalue weighted by molar-refractivity contribution is -0.00471. The summed E-state index contributed by atoms with van der Waals surface area (Å²) in [6.07, 6.45) is 4.17. The standard InChI is InChI=1S/C11H21NO3/c1-11(2,14)8-15-10(13)12(3)9-6-4-5-7-9/h9,14H,4-8H2,1-3H3. The lowest BCUT2D eigenvalue weighted by atomic mass is 10.2. The Balaban J connectivity index is 2.32. The Kier molecular flexibility index (Phi) is 3.97. The number of hydrogen-bond donors (Lipinski definition) is 1. The third kappa shape index (κ3) is 4.08. The number of nitrogens with zero attached hydrogens (tertiary/aromatic N) is 1. The molecule has 0 spiro atoms. The first kappa shape index (κ1) is 12.3. The number of carbonyl (C=O) groups is 1. The van der Waals surface area contributed by atoms with Crippen molar-refractivity contribution in [2.24, 2.45) is 0 Å². The van der Waals surface area contributed by atoms with Crippen molar-refractivity contribution in [3.8, 4) is 0 Å². The van der Waals surface area contributed by atoms with Crippen LogP contribution in [0.5, 0.6) is 0 Å². The highest BCUT2D eigenvalue weighted by Gasteiger charge is 2.25. The van der Waals surface area contributed by atoms with Crippen LogP contribution in [0.2, 0.25) is 0 Å². The minimum absolute atomic E-state index is 0.0445. The molecule has 1 amide bonds. The fourth-order valence-electron chi connectivity index (χ4n) is 1.78. The monoisotopic (exact) mass is 215 g/mol. The average Bonchev–Trinajstić information content (AvgIpc) is 2.64. The van der Waals surface area contributed by atoms with E-state index in [2.05, 4.69) is 0 Å². The summed E-state index contributed by atoms with van der Waals surface area (Å²) in [7, 11) is 1.77. The van der Waals surface area contributed by atoms with Gasteiger partial charge in [0.1, 0.15) is 6.61 Å². The lowest BCUT2D eigenvalue weighted by Gasteiger charge is -2.25. The van der Waals surface area contributed by atoms with E-state index in [0.29, 0.717) is 6.04 Å². The van der Waals surface area contributed by atoms with E-state index in [4.69, 9.17) is 4.74 Å². The molecule has 0 saturated heterocycles. The van der Waals surface area contributed by atoms with E-state index in [-0.39, 0.29) is 12.7 Å². The molecular formula is C11H21NO3. The molecule has 1 N–H and O–H groups in total. The molecule has 0 aromatic rings. The van der Waals surface area contributed by atoms with Crippen LogP contribution in [0.1, 0.15) is 39.5 Å². The van der Waals surface area contributed by atoms with Gasteiger partial charge in [-0.1, -0.05) is 12.8 Å². The second-order valence-corrected chi connectivity index (χ2v) is 4.92. The summed E-state index contributed by atoms with van der Waals surface area (Å²) in [5.41, 5.74) is -0.952. The highest BCUT2D eigenvalue weighted by molar-refractivity contribution is 5.67. The third-order valence-electron chi connectivity index (χ3n) is 2.71. The molecule has 88 valence electrons. The Bertz CT molecular complexity index is 216. The van der Waals surface area contributed by atoms with Gasteiger partial charge in [-0.15, -0.1) is 0 Å². The molecule has 0 unspecified atom stereocenters. The SMILES string of the molecule is CN(C(=O)OCC(C)(C)O)C1CCCC1. The first-order valence-electron chi connectivity index (χ1n) is 5.52. The van der Waals surface area contributed by atoms with Crippen LogP contribution in [0.4, 0.5) is 4.79 Å². The summed E-state index contributed by atoms with van der Waals surface area (Å²) in [5, 5.41) is 9.42. The lowest BCUT2D eigenvalue weighted by Crippen LogP contribution is -2.38. The van der Waals surface area contributed by atoms with Gasteiger partial charge >= 0.3 is 6.09 Å². The molecule has 0 heterocycles. The molecular weight excluding hydrogens is 194 g/mol. The normalized spacial score (nSPS) is 17.9.